The smallest absolute Gasteiger partial charge is 0.193 e. The van der Waals surface area contributed by atoms with Crippen LogP contribution in [0.5, 0.6) is 0 Å². The molecule has 0 saturated heterocycles. The highest BCUT2D eigenvalue weighted by Gasteiger charge is 2.04. The van der Waals surface area contributed by atoms with E-state index in [0.717, 1.165) is 35.1 Å². The Bertz CT molecular complexity index is 763. The van der Waals surface area contributed by atoms with Crippen molar-refractivity contribution in [3.05, 3.63) is 52.5 Å². The van der Waals surface area contributed by atoms with Crippen molar-refractivity contribution in [1.82, 2.24) is 25.0 Å². The van der Waals surface area contributed by atoms with Gasteiger partial charge in [0.25, 0.3) is 0 Å². The summed E-state index contributed by atoms with van der Waals surface area (Å²) in [5.74, 6) is 0.753. The lowest BCUT2D eigenvalue weighted by Gasteiger charge is -2.10. The second-order valence-electron chi connectivity index (χ2n) is 4.92. The van der Waals surface area contributed by atoms with E-state index < -0.39 is 0 Å². The third kappa shape index (κ3) is 4.20. The number of hydrogen-bond acceptors (Lipinski definition) is 4. The van der Waals surface area contributed by atoms with E-state index in [-0.39, 0.29) is 0 Å². The number of nitrogens with one attached hydrogen (secondary N) is 2. The van der Waals surface area contributed by atoms with Crippen LogP contribution < -0.4 is 10.6 Å². The van der Waals surface area contributed by atoms with Gasteiger partial charge in [-0.3, -0.25) is 9.39 Å². The second kappa shape index (κ2) is 7.43. The van der Waals surface area contributed by atoms with E-state index in [0.29, 0.717) is 11.7 Å². The van der Waals surface area contributed by atoms with Crippen molar-refractivity contribution in [2.24, 2.45) is 4.99 Å². The third-order valence-electron chi connectivity index (χ3n) is 3.30. The number of nitrogens with zero attached hydrogens (tertiary/aromatic N) is 4. The molecule has 0 radical (unpaired) electrons. The molecule has 3 rings (SSSR count). The number of hydrogen-bond donors (Lipinski definition) is 2. The van der Waals surface area contributed by atoms with Gasteiger partial charge in [0, 0.05) is 37.6 Å². The fourth-order valence-corrected chi connectivity index (χ4v) is 2.97. The van der Waals surface area contributed by atoms with Crippen molar-refractivity contribution in [3.63, 3.8) is 0 Å². The molecule has 0 saturated carbocycles. The summed E-state index contributed by atoms with van der Waals surface area (Å²) in [6, 6.07) is 3.78. The minimum atomic E-state index is 0.513. The molecule has 0 spiro atoms. The molecule has 8 heteroatoms. The van der Waals surface area contributed by atoms with Gasteiger partial charge in [0.05, 0.1) is 12.2 Å². The van der Waals surface area contributed by atoms with Gasteiger partial charge in [-0.05, 0) is 18.1 Å². The summed E-state index contributed by atoms with van der Waals surface area (Å²) in [5, 5.41) is 9.07. The first kappa shape index (κ1) is 15.8. The van der Waals surface area contributed by atoms with E-state index in [9.17, 15) is 0 Å². The monoisotopic (exact) mass is 348 g/mol. The minimum absolute atomic E-state index is 0.513. The van der Waals surface area contributed by atoms with Gasteiger partial charge in [-0.2, -0.15) is 0 Å². The highest BCUT2D eigenvalue weighted by molar-refractivity contribution is 7.15. The summed E-state index contributed by atoms with van der Waals surface area (Å²) < 4.78 is 2.02. The van der Waals surface area contributed by atoms with E-state index in [2.05, 4.69) is 25.6 Å². The summed E-state index contributed by atoms with van der Waals surface area (Å²) in [6.45, 7) is 1.40. The van der Waals surface area contributed by atoms with Crippen molar-refractivity contribution in [2.45, 2.75) is 13.0 Å². The van der Waals surface area contributed by atoms with Gasteiger partial charge in [0.15, 0.2) is 10.9 Å². The molecule has 120 valence electrons. The highest BCUT2D eigenvalue weighted by atomic mass is 35.5. The minimum Gasteiger partial charge on any atom is -0.356 e. The number of imidazole rings is 1. The van der Waals surface area contributed by atoms with E-state index in [1.165, 1.54) is 0 Å². The maximum atomic E-state index is 5.78. The average molecular weight is 349 g/mol. The molecule has 3 aromatic heterocycles. The van der Waals surface area contributed by atoms with Crippen LogP contribution in [0.1, 0.15) is 11.3 Å². The lowest BCUT2D eigenvalue weighted by atomic mass is 10.2. The van der Waals surface area contributed by atoms with Crippen molar-refractivity contribution < 1.29 is 0 Å². The zero-order valence-electron chi connectivity index (χ0n) is 12.7. The van der Waals surface area contributed by atoms with Crippen LogP contribution in [0.15, 0.2) is 41.1 Å². The zero-order chi connectivity index (χ0) is 16.1. The summed E-state index contributed by atoms with van der Waals surface area (Å²) in [5.41, 5.74) is 2.12. The fourth-order valence-electron chi connectivity index (χ4n) is 2.14. The van der Waals surface area contributed by atoms with Crippen LogP contribution in [0, 0.1) is 0 Å². The largest absolute Gasteiger partial charge is 0.356 e. The lowest BCUT2D eigenvalue weighted by molar-refractivity contribution is 0.785. The molecule has 0 aromatic carbocycles. The molecule has 0 bridgehead atoms. The first-order chi connectivity index (χ1) is 11.2. The van der Waals surface area contributed by atoms with E-state index >= 15 is 0 Å². The maximum absolute atomic E-state index is 5.78. The molecule has 23 heavy (non-hydrogen) atoms. The Balaban J connectivity index is 1.46. The molecule has 0 unspecified atom stereocenters. The number of thiazole rings is 1. The van der Waals surface area contributed by atoms with Gasteiger partial charge in [0.1, 0.15) is 5.15 Å². The molecule has 3 aromatic rings. The molecular weight excluding hydrogens is 332 g/mol. The van der Waals surface area contributed by atoms with Crippen molar-refractivity contribution in [1.29, 1.82) is 0 Å². The Morgan fingerprint density at radius 1 is 1.39 bits per heavy atom. The Labute approximate surface area is 143 Å². The average Bonchev–Trinajstić information content (AvgIpc) is 3.14. The molecule has 0 amide bonds. The highest BCUT2D eigenvalue weighted by Crippen LogP contribution is 2.11. The van der Waals surface area contributed by atoms with Crippen LogP contribution in [-0.4, -0.2) is 33.9 Å². The van der Waals surface area contributed by atoms with Gasteiger partial charge in [-0.15, -0.1) is 11.3 Å². The van der Waals surface area contributed by atoms with Crippen molar-refractivity contribution in [3.8, 4) is 0 Å². The predicted molar refractivity (Wildman–Crippen MR) is 94.2 cm³/mol. The molecule has 0 aliphatic heterocycles. The molecule has 2 N–H and O–H groups in total. The summed E-state index contributed by atoms with van der Waals surface area (Å²) in [7, 11) is 1.75. The van der Waals surface area contributed by atoms with Crippen molar-refractivity contribution in [2.75, 3.05) is 13.6 Å². The lowest BCUT2D eigenvalue weighted by Crippen LogP contribution is -2.37. The quantitative estimate of drug-likeness (QED) is 0.422. The number of aliphatic imine (C=N–C) groups is 1. The number of aromatic nitrogens is 3. The van der Waals surface area contributed by atoms with Gasteiger partial charge in [-0.1, -0.05) is 17.7 Å². The van der Waals surface area contributed by atoms with Crippen LogP contribution in [0.3, 0.4) is 0 Å². The van der Waals surface area contributed by atoms with Crippen LogP contribution in [-0.2, 0) is 13.0 Å². The Hall–Kier alpha value is -2.12. The molecule has 0 aliphatic carbocycles. The Morgan fingerprint density at radius 3 is 3.04 bits per heavy atom. The standard InChI is InChI=1S/C15H17ClN6S/c1-17-14(18-5-4-11-2-3-13(16)19-8-11)20-9-12-10-22-6-7-23-15(22)21-12/h2-3,6-8,10H,4-5,9H2,1H3,(H2,17,18,20). The molecule has 3 heterocycles. The molecule has 0 fully saturated rings. The first-order valence-electron chi connectivity index (χ1n) is 7.20. The molecule has 6 nitrogen and oxygen atoms in total. The Kier molecular flexibility index (Phi) is 5.09. The number of rotatable bonds is 5. The molecule has 0 atom stereocenters. The normalized spacial score (nSPS) is 11.8. The van der Waals surface area contributed by atoms with Gasteiger partial charge in [-0.25, -0.2) is 9.97 Å². The van der Waals surface area contributed by atoms with Gasteiger partial charge < -0.3 is 10.6 Å². The third-order valence-corrected chi connectivity index (χ3v) is 4.29. The maximum Gasteiger partial charge on any atom is 0.193 e. The first-order valence-corrected chi connectivity index (χ1v) is 8.46. The van der Waals surface area contributed by atoms with Gasteiger partial charge in [0.2, 0.25) is 0 Å². The van der Waals surface area contributed by atoms with Crippen LogP contribution >= 0.6 is 22.9 Å². The van der Waals surface area contributed by atoms with Crippen LogP contribution in [0.2, 0.25) is 5.15 Å². The second-order valence-corrected chi connectivity index (χ2v) is 6.18. The van der Waals surface area contributed by atoms with Crippen LogP contribution in [0.25, 0.3) is 4.96 Å². The van der Waals surface area contributed by atoms with Crippen LogP contribution in [0.4, 0.5) is 0 Å². The zero-order valence-corrected chi connectivity index (χ0v) is 14.2. The summed E-state index contributed by atoms with van der Waals surface area (Å²) >= 11 is 7.40. The van der Waals surface area contributed by atoms with Crippen molar-refractivity contribution >= 4 is 33.9 Å². The number of pyridine rings is 1. The SMILES string of the molecule is CN=C(NCCc1ccc(Cl)nc1)NCc1cn2ccsc2n1. The predicted octanol–water partition coefficient (Wildman–Crippen LogP) is 2.35. The van der Waals surface area contributed by atoms with E-state index in [1.54, 1.807) is 30.6 Å². The topological polar surface area (TPSA) is 66.6 Å². The van der Waals surface area contributed by atoms with E-state index in [1.807, 2.05) is 28.2 Å². The van der Waals surface area contributed by atoms with Gasteiger partial charge >= 0.3 is 0 Å². The Morgan fingerprint density at radius 2 is 2.30 bits per heavy atom. The van der Waals surface area contributed by atoms with E-state index in [4.69, 9.17) is 11.6 Å². The molecule has 0 aliphatic rings. The fraction of sp³-hybridized carbons (Fsp3) is 0.267. The summed E-state index contributed by atoms with van der Waals surface area (Å²) in [6.07, 6.45) is 6.67. The molecular formula is C15H17ClN6S. The number of halogens is 1. The number of fused-ring (bicyclic) bond motifs is 1. The summed E-state index contributed by atoms with van der Waals surface area (Å²) in [4.78, 5) is 13.8. The number of guanidine groups is 1.